The van der Waals surface area contributed by atoms with E-state index in [9.17, 15) is 14.9 Å². The number of carbonyl (C=O) groups excluding carboxylic acids is 2. The molecule has 2 aromatic carbocycles. The number of carbonyl (C=O) groups is 2. The van der Waals surface area contributed by atoms with Crippen LogP contribution in [0.15, 0.2) is 65.2 Å². The SMILES string of the molecule is Cc1ccc(C2CC(=O)NC(SCC(=O)N3CCN(Cc4ccccc4)CC3)=C2C#N)cc1. The van der Waals surface area contributed by atoms with Crippen molar-refractivity contribution in [2.75, 3.05) is 31.9 Å². The first kappa shape index (κ1) is 23.1. The average molecular weight is 461 g/mol. The van der Waals surface area contributed by atoms with Crippen LogP contribution in [0.3, 0.4) is 0 Å². The van der Waals surface area contributed by atoms with Crippen molar-refractivity contribution in [1.82, 2.24) is 15.1 Å². The Balaban J connectivity index is 1.35. The molecule has 0 spiro atoms. The molecular formula is C26H28N4O2S. The third-order valence-corrected chi connectivity index (χ3v) is 7.15. The zero-order valence-corrected chi connectivity index (χ0v) is 19.6. The Morgan fingerprint density at radius 3 is 2.45 bits per heavy atom. The summed E-state index contributed by atoms with van der Waals surface area (Å²) in [5.74, 6) is -0.150. The van der Waals surface area contributed by atoms with Crippen molar-refractivity contribution in [2.45, 2.75) is 25.8 Å². The van der Waals surface area contributed by atoms with Gasteiger partial charge in [0.25, 0.3) is 0 Å². The van der Waals surface area contributed by atoms with Crippen LogP contribution in [0, 0.1) is 18.3 Å². The lowest BCUT2D eigenvalue weighted by Crippen LogP contribution is -2.48. The number of nitriles is 1. The van der Waals surface area contributed by atoms with Crippen LogP contribution in [0.25, 0.3) is 0 Å². The summed E-state index contributed by atoms with van der Waals surface area (Å²) < 4.78 is 0. The number of hydrogen-bond donors (Lipinski definition) is 1. The van der Waals surface area contributed by atoms with E-state index in [1.807, 2.05) is 54.3 Å². The summed E-state index contributed by atoms with van der Waals surface area (Å²) in [7, 11) is 0. The molecule has 170 valence electrons. The number of nitrogens with zero attached hydrogens (tertiary/aromatic N) is 3. The van der Waals surface area contributed by atoms with Gasteiger partial charge >= 0.3 is 0 Å². The summed E-state index contributed by atoms with van der Waals surface area (Å²) in [5.41, 5.74) is 3.89. The molecule has 7 heteroatoms. The topological polar surface area (TPSA) is 76.4 Å². The predicted octanol–water partition coefficient (Wildman–Crippen LogP) is 3.41. The molecule has 1 saturated heterocycles. The molecule has 1 fully saturated rings. The van der Waals surface area contributed by atoms with Crippen LogP contribution in [-0.2, 0) is 16.1 Å². The molecule has 4 rings (SSSR count). The molecule has 2 amide bonds. The van der Waals surface area contributed by atoms with Crippen LogP contribution in [0.5, 0.6) is 0 Å². The first-order chi connectivity index (χ1) is 16.0. The highest BCUT2D eigenvalue weighted by molar-refractivity contribution is 8.03. The summed E-state index contributed by atoms with van der Waals surface area (Å²) in [5, 5.41) is 13.2. The van der Waals surface area contributed by atoms with Gasteiger partial charge in [0.1, 0.15) is 0 Å². The zero-order chi connectivity index (χ0) is 23.2. The van der Waals surface area contributed by atoms with E-state index in [0.717, 1.165) is 30.8 Å². The third kappa shape index (κ3) is 5.84. The van der Waals surface area contributed by atoms with Crippen LogP contribution in [0.1, 0.15) is 29.0 Å². The maximum absolute atomic E-state index is 12.8. The minimum absolute atomic E-state index is 0.0378. The predicted molar refractivity (Wildman–Crippen MR) is 130 cm³/mol. The summed E-state index contributed by atoms with van der Waals surface area (Å²) >= 11 is 1.26. The Kier molecular flexibility index (Phi) is 7.48. The fourth-order valence-corrected chi connectivity index (χ4v) is 5.22. The summed E-state index contributed by atoms with van der Waals surface area (Å²) in [6, 6.07) is 20.6. The van der Waals surface area contributed by atoms with E-state index in [2.05, 4.69) is 28.4 Å². The van der Waals surface area contributed by atoms with E-state index >= 15 is 0 Å². The van der Waals surface area contributed by atoms with Crippen LogP contribution in [-0.4, -0.2) is 53.5 Å². The van der Waals surface area contributed by atoms with Gasteiger partial charge in [0.15, 0.2) is 0 Å². The van der Waals surface area contributed by atoms with E-state index in [1.165, 1.54) is 17.3 Å². The molecule has 1 unspecified atom stereocenters. The molecule has 0 aliphatic carbocycles. The van der Waals surface area contributed by atoms with Crippen molar-refractivity contribution >= 4 is 23.6 Å². The lowest BCUT2D eigenvalue weighted by Gasteiger charge is -2.35. The number of amides is 2. The van der Waals surface area contributed by atoms with Crippen LogP contribution >= 0.6 is 11.8 Å². The quantitative estimate of drug-likeness (QED) is 0.715. The normalized spacial score (nSPS) is 19.2. The van der Waals surface area contributed by atoms with Crippen molar-refractivity contribution in [3.05, 3.63) is 81.9 Å². The molecule has 1 N–H and O–H groups in total. The van der Waals surface area contributed by atoms with Crippen LogP contribution in [0.2, 0.25) is 0 Å². The minimum atomic E-state index is -0.275. The number of thioether (sulfide) groups is 1. The van der Waals surface area contributed by atoms with Gasteiger partial charge in [-0.25, -0.2) is 0 Å². The molecule has 6 nitrogen and oxygen atoms in total. The highest BCUT2D eigenvalue weighted by atomic mass is 32.2. The Bertz CT molecular complexity index is 1070. The van der Waals surface area contributed by atoms with E-state index in [4.69, 9.17) is 0 Å². The second kappa shape index (κ2) is 10.7. The largest absolute Gasteiger partial charge is 0.339 e. The Morgan fingerprint density at radius 1 is 1.09 bits per heavy atom. The maximum atomic E-state index is 12.8. The van der Waals surface area contributed by atoms with Gasteiger partial charge in [0, 0.05) is 45.1 Å². The molecule has 0 radical (unpaired) electrons. The summed E-state index contributed by atoms with van der Waals surface area (Å²) in [4.78, 5) is 29.4. The molecule has 0 aromatic heterocycles. The Morgan fingerprint density at radius 2 is 1.79 bits per heavy atom. The van der Waals surface area contributed by atoms with Crippen LogP contribution in [0.4, 0.5) is 0 Å². The van der Waals surface area contributed by atoms with E-state index in [1.54, 1.807) is 0 Å². The molecule has 2 aliphatic rings. The van der Waals surface area contributed by atoms with Gasteiger partial charge in [-0.2, -0.15) is 5.26 Å². The lowest BCUT2D eigenvalue weighted by atomic mass is 9.87. The molecule has 2 aromatic rings. The molecule has 33 heavy (non-hydrogen) atoms. The van der Waals surface area contributed by atoms with Crippen molar-refractivity contribution in [2.24, 2.45) is 0 Å². The van der Waals surface area contributed by atoms with Gasteiger partial charge in [-0.1, -0.05) is 71.9 Å². The maximum Gasteiger partial charge on any atom is 0.233 e. The first-order valence-electron chi connectivity index (χ1n) is 11.2. The van der Waals surface area contributed by atoms with Crippen molar-refractivity contribution in [3.63, 3.8) is 0 Å². The van der Waals surface area contributed by atoms with Gasteiger partial charge in [-0.05, 0) is 18.1 Å². The smallest absolute Gasteiger partial charge is 0.233 e. The van der Waals surface area contributed by atoms with Gasteiger partial charge in [0.2, 0.25) is 11.8 Å². The number of piperazine rings is 1. The lowest BCUT2D eigenvalue weighted by molar-refractivity contribution is -0.130. The van der Waals surface area contributed by atoms with Crippen LogP contribution < -0.4 is 5.32 Å². The first-order valence-corrected chi connectivity index (χ1v) is 12.2. The number of aryl methyl sites for hydroxylation is 1. The fourth-order valence-electron chi connectivity index (χ4n) is 4.24. The van der Waals surface area contributed by atoms with Gasteiger partial charge in [-0.15, -0.1) is 0 Å². The molecule has 0 saturated carbocycles. The molecule has 0 bridgehead atoms. The highest BCUT2D eigenvalue weighted by Gasteiger charge is 2.30. The van der Waals surface area contributed by atoms with E-state index in [0.29, 0.717) is 23.7 Å². The summed E-state index contributed by atoms with van der Waals surface area (Å²) in [6.45, 7) is 5.95. The van der Waals surface area contributed by atoms with Crippen molar-refractivity contribution in [1.29, 1.82) is 5.26 Å². The fraction of sp³-hybridized carbons (Fsp3) is 0.346. The zero-order valence-electron chi connectivity index (χ0n) is 18.8. The monoisotopic (exact) mass is 460 g/mol. The number of nitrogens with one attached hydrogen (secondary N) is 1. The number of hydrogen-bond acceptors (Lipinski definition) is 5. The average Bonchev–Trinajstić information content (AvgIpc) is 2.84. The second-order valence-corrected chi connectivity index (χ2v) is 9.49. The second-order valence-electron chi connectivity index (χ2n) is 8.50. The minimum Gasteiger partial charge on any atom is -0.339 e. The number of allylic oxidation sites excluding steroid dienone is 1. The van der Waals surface area contributed by atoms with Gasteiger partial charge in [0.05, 0.1) is 22.4 Å². The third-order valence-electron chi connectivity index (χ3n) is 6.15. The number of benzene rings is 2. The van der Waals surface area contributed by atoms with E-state index < -0.39 is 0 Å². The highest BCUT2D eigenvalue weighted by Crippen LogP contribution is 2.36. The Hall–Kier alpha value is -3.08. The van der Waals surface area contributed by atoms with E-state index in [-0.39, 0.29) is 29.9 Å². The molecule has 2 heterocycles. The summed E-state index contributed by atoms with van der Waals surface area (Å²) in [6.07, 6.45) is 0.243. The van der Waals surface area contributed by atoms with Crippen molar-refractivity contribution in [3.8, 4) is 6.07 Å². The standard InChI is InChI=1S/C26H28N4O2S/c1-19-7-9-21(10-8-19)22-15-24(31)28-26(23(22)16-27)33-18-25(32)30-13-11-29(12-14-30)17-20-5-3-2-4-6-20/h2-10,22H,11-15,17-18H2,1H3,(H,28,31). The van der Waals surface area contributed by atoms with Gasteiger partial charge in [-0.3, -0.25) is 14.5 Å². The molecule has 1 atom stereocenters. The number of rotatable bonds is 6. The van der Waals surface area contributed by atoms with Crippen molar-refractivity contribution < 1.29 is 9.59 Å². The Labute approximate surface area is 199 Å². The molecule has 2 aliphatic heterocycles. The van der Waals surface area contributed by atoms with Gasteiger partial charge < -0.3 is 10.2 Å². The molecular weight excluding hydrogens is 432 g/mol.